The lowest BCUT2D eigenvalue weighted by Crippen LogP contribution is -2.54. The van der Waals surface area contributed by atoms with E-state index in [0.717, 1.165) is 42.4 Å². The van der Waals surface area contributed by atoms with Crippen LogP contribution in [-0.2, 0) is 14.3 Å². The molecule has 2 N–H and O–H groups in total. The standard InChI is InChI=1S/C28H45N3O4/c1-9-10-13-29-25(32)24(21-16-19(4)15-20(5)17-21)31(22-11-12-22)26(33)23(14-18(2)3)30-27(34)35-28(6,7)8/h15-18,22-24H,9-14H2,1-8H3,(H,29,32)(H,30,34). The summed E-state index contributed by atoms with van der Waals surface area (Å²) in [7, 11) is 0. The summed E-state index contributed by atoms with van der Waals surface area (Å²) in [6.07, 6.45) is 3.36. The van der Waals surface area contributed by atoms with E-state index >= 15 is 0 Å². The van der Waals surface area contributed by atoms with Crippen LogP contribution in [0.25, 0.3) is 0 Å². The molecule has 1 aliphatic rings. The largest absolute Gasteiger partial charge is 0.444 e. The van der Waals surface area contributed by atoms with Crippen LogP contribution in [0.1, 0.15) is 96.4 Å². The Balaban J connectivity index is 2.44. The van der Waals surface area contributed by atoms with Crippen molar-refractivity contribution in [2.24, 2.45) is 5.92 Å². The molecule has 2 rings (SSSR count). The van der Waals surface area contributed by atoms with E-state index in [0.29, 0.717) is 13.0 Å². The van der Waals surface area contributed by atoms with Gasteiger partial charge in [-0.3, -0.25) is 9.59 Å². The molecule has 1 aromatic carbocycles. The Morgan fingerprint density at radius 3 is 2.17 bits per heavy atom. The molecule has 2 atom stereocenters. The fourth-order valence-corrected chi connectivity index (χ4v) is 4.28. The Morgan fingerprint density at radius 2 is 1.69 bits per heavy atom. The zero-order valence-electron chi connectivity index (χ0n) is 22.9. The first-order valence-corrected chi connectivity index (χ1v) is 13.0. The molecule has 196 valence electrons. The van der Waals surface area contributed by atoms with Gasteiger partial charge in [0.25, 0.3) is 0 Å². The molecule has 0 aromatic heterocycles. The van der Waals surface area contributed by atoms with Crippen LogP contribution in [0.2, 0.25) is 0 Å². The topological polar surface area (TPSA) is 87.7 Å². The second kappa shape index (κ2) is 12.4. The van der Waals surface area contributed by atoms with Gasteiger partial charge in [0, 0.05) is 12.6 Å². The number of nitrogens with one attached hydrogen (secondary N) is 2. The van der Waals surface area contributed by atoms with Crippen LogP contribution in [0.15, 0.2) is 18.2 Å². The maximum Gasteiger partial charge on any atom is 0.408 e. The summed E-state index contributed by atoms with van der Waals surface area (Å²) in [6.45, 7) is 16.0. The molecule has 7 nitrogen and oxygen atoms in total. The number of benzene rings is 1. The van der Waals surface area contributed by atoms with Gasteiger partial charge in [-0.25, -0.2) is 4.79 Å². The molecular weight excluding hydrogens is 442 g/mol. The highest BCUT2D eigenvalue weighted by Gasteiger charge is 2.44. The molecule has 1 aromatic rings. The highest BCUT2D eigenvalue weighted by molar-refractivity contribution is 5.92. The van der Waals surface area contributed by atoms with E-state index < -0.39 is 23.8 Å². The highest BCUT2D eigenvalue weighted by Crippen LogP contribution is 2.36. The van der Waals surface area contributed by atoms with Crippen molar-refractivity contribution in [2.45, 2.75) is 111 Å². The number of nitrogens with zero attached hydrogens (tertiary/aromatic N) is 1. The van der Waals surface area contributed by atoms with E-state index in [4.69, 9.17) is 4.74 Å². The van der Waals surface area contributed by atoms with Gasteiger partial charge in [-0.2, -0.15) is 0 Å². The minimum atomic E-state index is -0.776. The molecule has 0 bridgehead atoms. The number of rotatable bonds is 11. The van der Waals surface area contributed by atoms with Crippen LogP contribution < -0.4 is 10.6 Å². The number of alkyl carbamates (subject to hydrolysis) is 1. The zero-order valence-corrected chi connectivity index (χ0v) is 22.9. The molecule has 35 heavy (non-hydrogen) atoms. The number of hydrogen-bond acceptors (Lipinski definition) is 4. The summed E-state index contributed by atoms with van der Waals surface area (Å²) in [5, 5.41) is 5.85. The zero-order chi connectivity index (χ0) is 26.3. The number of ether oxygens (including phenoxy) is 1. The molecule has 7 heteroatoms. The molecule has 0 aliphatic heterocycles. The van der Waals surface area contributed by atoms with Crippen molar-refractivity contribution in [3.05, 3.63) is 34.9 Å². The van der Waals surface area contributed by atoms with E-state index in [2.05, 4.69) is 23.6 Å². The number of hydrogen-bond donors (Lipinski definition) is 2. The van der Waals surface area contributed by atoms with Gasteiger partial charge >= 0.3 is 6.09 Å². The SMILES string of the molecule is CCCCNC(=O)C(c1cc(C)cc(C)c1)N(C(=O)C(CC(C)C)NC(=O)OC(C)(C)C)C1CC1. The van der Waals surface area contributed by atoms with Gasteiger partial charge in [0.15, 0.2) is 0 Å². The lowest BCUT2D eigenvalue weighted by molar-refractivity contribution is -0.143. The third-order valence-corrected chi connectivity index (χ3v) is 5.81. The monoisotopic (exact) mass is 487 g/mol. The predicted octanol–water partition coefficient (Wildman–Crippen LogP) is 5.19. The average Bonchev–Trinajstić information content (AvgIpc) is 3.53. The van der Waals surface area contributed by atoms with E-state index in [1.54, 1.807) is 25.7 Å². The smallest absolute Gasteiger partial charge is 0.408 e. The van der Waals surface area contributed by atoms with Crippen LogP contribution in [0.5, 0.6) is 0 Å². The van der Waals surface area contributed by atoms with Crippen molar-refractivity contribution in [3.8, 4) is 0 Å². The number of unbranched alkanes of at least 4 members (excludes halogenated alkanes) is 1. The Bertz CT molecular complexity index is 866. The number of amides is 3. The second-order valence-electron chi connectivity index (χ2n) is 11.3. The van der Waals surface area contributed by atoms with Crippen LogP contribution in [0, 0.1) is 19.8 Å². The molecule has 2 unspecified atom stereocenters. The Labute approximate surface area is 211 Å². The summed E-state index contributed by atoms with van der Waals surface area (Å²) in [5.74, 6) is -0.246. The summed E-state index contributed by atoms with van der Waals surface area (Å²) in [5.41, 5.74) is 2.21. The third-order valence-electron chi connectivity index (χ3n) is 5.81. The fourth-order valence-electron chi connectivity index (χ4n) is 4.28. The normalized spacial score (nSPS) is 15.3. The molecule has 0 saturated heterocycles. The van der Waals surface area contributed by atoms with Gasteiger partial charge in [-0.15, -0.1) is 0 Å². The van der Waals surface area contributed by atoms with Gasteiger partial charge in [0.1, 0.15) is 17.7 Å². The van der Waals surface area contributed by atoms with Gasteiger partial charge in [0.2, 0.25) is 11.8 Å². The lowest BCUT2D eigenvalue weighted by atomic mass is 9.96. The fraction of sp³-hybridized carbons (Fsp3) is 0.679. The first-order chi connectivity index (χ1) is 16.3. The number of aryl methyl sites for hydroxylation is 2. The van der Waals surface area contributed by atoms with E-state index in [-0.39, 0.29) is 23.8 Å². The Morgan fingerprint density at radius 1 is 1.09 bits per heavy atom. The van der Waals surface area contributed by atoms with Crippen molar-refractivity contribution >= 4 is 17.9 Å². The van der Waals surface area contributed by atoms with E-state index in [9.17, 15) is 14.4 Å². The summed E-state index contributed by atoms with van der Waals surface area (Å²) < 4.78 is 5.45. The van der Waals surface area contributed by atoms with Gasteiger partial charge < -0.3 is 20.3 Å². The van der Waals surface area contributed by atoms with Gasteiger partial charge in [-0.1, -0.05) is 56.5 Å². The predicted molar refractivity (Wildman–Crippen MR) is 139 cm³/mol. The molecule has 0 heterocycles. The minimum Gasteiger partial charge on any atom is -0.444 e. The van der Waals surface area contributed by atoms with Crippen LogP contribution >= 0.6 is 0 Å². The number of carbonyl (C=O) groups excluding carboxylic acids is 3. The van der Waals surface area contributed by atoms with E-state index in [1.807, 2.05) is 39.8 Å². The molecule has 1 fully saturated rings. The summed E-state index contributed by atoms with van der Waals surface area (Å²) in [4.78, 5) is 42.0. The summed E-state index contributed by atoms with van der Waals surface area (Å²) >= 11 is 0. The second-order valence-corrected chi connectivity index (χ2v) is 11.3. The van der Waals surface area contributed by atoms with Crippen LogP contribution in [-0.4, -0.2) is 47.0 Å². The summed E-state index contributed by atoms with van der Waals surface area (Å²) in [6, 6.07) is 4.48. The van der Waals surface area contributed by atoms with Crippen molar-refractivity contribution in [1.29, 1.82) is 0 Å². The quantitative estimate of drug-likeness (QED) is 0.421. The van der Waals surface area contributed by atoms with Crippen molar-refractivity contribution in [2.75, 3.05) is 6.54 Å². The molecule has 0 radical (unpaired) electrons. The van der Waals surface area contributed by atoms with Gasteiger partial charge in [0.05, 0.1) is 0 Å². The lowest BCUT2D eigenvalue weighted by Gasteiger charge is -2.35. The van der Waals surface area contributed by atoms with Crippen LogP contribution in [0.4, 0.5) is 4.79 Å². The molecule has 0 spiro atoms. The molecule has 1 aliphatic carbocycles. The number of carbonyl (C=O) groups is 3. The first-order valence-electron chi connectivity index (χ1n) is 13.0. The van der Waals surface area contributed by atoms with Gasteiger partial charge in [-0.05, 0) is 71.8 Å². The average molecular weight is 488 g/mol. The maximum absolute atomic E-state index is 14.1. The molecular formula is C28H45N3O4. The maximum atomic E-state index is 14.1. The third kappa shape index (κ3) is 9.19. The van der Waals surface area contributed by atoms with Crippen LogP contribution in [0.3, 0.4) is 0 Å². The Kier molecular flexibility index (Phi) is 10.2. The first kappa shape index (κ1) is 28.7. The Hall–Kier alpha value is -2.57. The van der Waals surface area contributed by atoms with Crippen molar-refractivity contribution in [3.63, 3.8) is 0 Å². The molecule has 1 saturated carbocycles. The highest BCUT2D eigenvalue weighted by atomic mass is 16.6. The van der Waals surface area contributed by atoms with Crippen molar-refractivity contribution < 1.29 is 19.1 Å². The minimum absolute atomic E-state index is 0.0275. The molecule has 3 amide bonds. The van der Waals surface area contributed by atoms with Crippen molar-refractivity contribution in [1.82, 2.24) is 15.5 Å². The van der Waals surface area contributed by atoms with E-state index in [1.165, 1.54) is 0 Å².